The molecule has 4 rings (SSSR count). The summed E-state index contributed by atoms with van der Waals surface area (Å²) in [5.41, 5.74) is 3.71. The van der Waals surface area contributed by atoms with E-state index in [4.69, 9.17) is 14.2 Å². The van der Waals surface area contributed by atoms with Gasteiger partial charge in [-0.05, 0) is 36.8 Å². The highest BCUT2D eigenvalue weighted by molar-refractivity contribution is 6.05. The smallest absolute Gasteiger partial charge is 0.323 e. The van der Waals surface area contributed by atoms with Gasteiger partial charge in [0.05, 0.1) is 45.1 Å². The van der Waals surface area contributed by atoms with Crippen molar-refractivity contribution in [3.63, 3.8) is 0 Å². The lowest BCUT2D eigenvalue weighted by atomic mass is 10.1. The van der Waals surface area contributed by atoms with Gasteiger partial charge in [0.25, 0.3) is 5.91 Å². The van der Waals surface area contributed by atoms with Crippen LogP contribution in [0.4, 0.5) is 21.9 Å². The van der Waals surface area contributed by atoms with Crippen LogP contribution in [-0.4, -0.2) is 43.0 Å². The molecule has 0 atom stereocenters. The Bertz CT molecular complexity index is 1410. The van der Waals surface area contributed by atoms with E-state index in [9.17, 15) is 9.59 Å². The molecule has 0 radical (unpaired) electrons. The maximum absolute atomic E-state index is 13.0. The molecule has 37 heavy (non-hydrogen) atoms. The van der Waals surface area contributed by atoms with E-state index in [0.29, 0.717) is 39.9 Å². The van der Waals surface area contributed by atoms with E-state index >= 15 is 0 Å². The molecule has 0 aliphatic heterocycles. The molecule has 0 unspecified atom stereocenters. The first-order chi connectivity index (χ1) is 17.9. The van der Waals surface area contributed by atoms with Gasteiger partial charge >= 0.3 is 6.03 Å². The predicted octanol–water partition coefficient (Wildman–Crippen LogP) is 5.10. The number of rotatable bonds is 8. The molecule has 0 spiro atoms. The van der Waals surface area contributed by atoms with Crippen LogP contribution >= 0.6 is 0 Å². The van der Waals surface area contributed by atoms with Gasteiger partial charge in [0.2, 0.25) is 5.75 Å². The summed E-state index contributed by atoms with van der Waals surface area (Å²) in [6, 6.07) is 17.4. The molecule has 0 fully saturated rings. The van der Waals surface area contributed by atoms with Crippen molar-refractivity contribution >= 4 is 29.0 Å². The maximum atomic E-state index is 13.0. The fourth-order valence-electron chi connectivity index (χ4n) is 3.67. The quantitative estimate of drug-likeness (QED) is 0.309. The summed E-state index contributed by atoms with van der Waals surface area (Å²) in [5.74, 6) is 0.947. The number of anilines is 3. The Labute approximate surface area is 214 Å². The number of carbonyl (C=O) groups excluding carboxylic acids is 2. The van der Waals surface area contributed by atoms with Crippen LogP contribution in [0.1, 0.15) is 15.9 Å². The molecule has 10 heteroatoms. The summed E-state index contributed by atoms with van der Waals surface area (Å²) in [4.78, 5) is 25.4. The van der Waals surface area contributed by atoms with Crippen LogP contribution in [0.3, 0.4) is 0 Å². The molecule has 1 heterocycles. The first kappa shape index (κ1) is 25.1. The highest BCUT2D eigenvalue weighted by Gasteiger charge is 2.16. The van der Waals surface area contributed by atoms with Gasteiger partial charge in [-0.1, -0.05) is 24.3 Å². The minimum absolute atomic E-state index is 0.334. The molecule has 190 valence electrons. The van der Waals surface area contributed by atoms with Crippen LogP contribution in [0.2, 0.25) is 0 Å². The standard InChI is InChI=1S/C27H27N5O5/c1-17-8-5-6-11-22(17)31-27(34)30-20-15-28-32(16-20)21-10-7-9-18(12-21)26(33)29-19-13-23(35-2)25(37-4)24(14-19)36-3/h5-16H,1-4H3,(H,29,33)(H2,30,31,34). The van der Waals surface area contributed by atoms with Crippen LogP contribution in [0.5, 0.6) is 17.2 Å². The van der Waals surface area contributed by atoms with Gasteiger partial charge in [-0.25, -0.2) is 9.48 Å². The second-order valence-electron chi connectivity index (χ2n) is 7.99. The van der Waals surface area contributed by atoms with Crippen molar-refractivity contribution < 1.29 is 23.8 Å². The van der Waals surface area contributed by atoms with Crippen molar-refractivity contribution in [3.8, 4) is 22.9 Å². The van der Waals surface area contributed by atoms with E-state index in [1.54, 1.807) is 47.3 Å². The van der Waals surface area contributed by atoms with E-state index in [-0.39, 0.29) is 11.9 Å². The predicted molar refractivity (Wildman–Crippen MR) is 141 cm³/mol. The maximum Gasteiger partial charge on any atom is 0.323 e. The van der Waals surface area contributed by atoms with Crippen molar-refractivity contribution in [2.75, 3.05) is 37.3 Å². The van der Waals surface area contributed by atoms with Crippen LogP contribution in [-0.2, 0) is 0 Å². The number of aromatic nitrogens is 2. The fraction of sp³-hybridized carbons (Fsp3) is 0.148. The fourth-order valence-corrected chi connectivity index (χ4v) is 3.67. The summed E-state index contributed by atoms with van der Waals surface area (Å²) in [7, 11) is 4.52. The molecule has 0 saturated carbocycles. The number of hydrogen-bond donors (Lipinski definition) is 3. The van der Waals surface area contributed by atoms with Gasteiger partial charge in [0.15, 0.2) is 11.5 Å². The van der Waals surface area contributed by atoms with Gasteiger partial charge < -0.3 is 30.2 Å². The number of aryl methyl sites for hydroxylation is 1. The van der Waals surface area contributed by atoms with Crippen LogP contribution in [0.25, 0.3) is 5.69 Å². The van der Waals surface area contributed by atoms with Gasteiger partial charge in [-0.3, -0.25) is 4.79 Å². The number of para-hydroxylation sites is 1. The van der Waals surface area contributed by atoms with E-state index in [1.807, 2.05) is 31.2 Å². The molecule has 0 aliphatic carbocycles. The SMILES string of the molecule is COc1cc(NC(=O)c2cccc(-n3cc(NC(=O)Nc4ccccc4C)cn3)c2)cc(OC)c1OC. The minimum atomic E-state index is -0.382. The molecule has 3 amide bonds. The number of nitrogens with one attached hydrogen (secondary N) is 3. The molecule has 4 aromatic rings. The minimum Gasteiger partial charge on any atom is -0.493 e. The summed E-state index contributed by atoms with van der Waals surface area (Å²) < 4.78 is 17.6. The number of methoxy groups -OCH3 is 3. The molecule has 3 N–H and O–H groups in total. The third-order valence-corrected chi connectivity index (χ3v) is 5.53. The van der Waals surface area contributed by atoms with Crippen LogP contribution in [0, 0.1) is 6.92 Å². The molecule has 0 bridgehead atoms. The molecule has 3 aromatic carbocycles. The first-order valence-electron chi connectivity index (χ1n) is 11.3. The normalized spacial score (nSPS) is 10.4. The third kappa shape index (κ3) is 5.81. The Morgan fingerprint density at radius 2 is 1.54 bits per heavy atom. The van der Waals surface area contributed by atoms with Crippen LogP contribution in [0.15, 0.2) is 73.1 Å². The van der Waals surface area contributed by atoms with Crippen molar-refractivity contribution in [1.29, 1.82) is 0 Å². The van der Waals surface area contributed by atoms with Gasteiger partial charge in [0.1, 0.15) is 0 Å². The number of amides is 3. The zero-order chi connectivity index (χ0) is 26.4. The van der Waals surface area contributed by atoms with Gasteiger partial charge in [0, 0.05) is 29.1 Å². The lowest BCUT2D eigenvalue weighted by Gasteiger charge is -2.14. The Kier molecular flexibility index (Phi) is 7.58. The molecule has 0 aliphatic rings. The first-order valence-corrected chi connectivity index (χ1v) is 11.3. The Morgan fingerprint density at radius 1 is 0.811 bits per heavy atom. The van der Waals surface area contributed by atoms with E-state index in [2.05, 4.69) is 21.0 Å². The molecule has 0 saturated heterocycles. The number of hydrogen-bond acceptors (Lipinski definition) is 6. The van der Waals surface area contributed by atoms with Gasteiger partial charge in [-0.2, -0.15) is 5.10 Å². The number of carbonyl (C=O) groups is 2. The van der Waals surface area contributed by atoms with Crippen molar-refractivity contribution in [2.45, 2.75) is 6.92 Å². The second kappa shape index (κ2) is 11.2. The van der Waals surface area contributed by atoms with E-state index < -0.39 is 0 Å². The van der Waals surface area contributed by atoms with Crippen molar-refractivity contribution in [3.05, 3.63) is 84.2 Å². The Morgan fingerprint density at radius 3 is 2.22 bits per heavy atom. The second-order valence-corrected chi connectivity index (χ2v) is 7.99. The average Bonchev–Trinajstić information content (AvgIpc) is 3.37. The molecular weight excluding hydrogens is 474 g/mol. The monoisotopic (exact) mass is 501 g/mol. The number of nitrogens with zero attached hydrogens (tertiary/aromatic N) is 2. The summed E-state index contributed by atoms with van der Waals surface area (Å²) in [6.07, 6.45) is 3.19. The summed E-state index contributed by atoms with van der Waals surface area (Å²) in [5, 5.41) is 12.7. The molecule has 10 nitrogen and oxygen atoms in total. The number of benzene rings is 3. The lowest BCUT2D eigenvalue weighted by molar-refractivity contribution is 0.102. The zero-order valence-corrected chi connectivity index (χ0v) is 20.9. The van der Waals surface area contributed by atoms with E-state index in [1.165, 1.54) is 27.5 Å². The molecular formula is C27H27N5O5. The highest BCUT2D eigenvalue weighted by Crippen LogP contribution is 2.40. The average molecular weight is 502 g/mol. The number of urea groups is 1. The Hall–Kier alpha value is -4.99. The number of ether oxygens (including phenoxy) is 3. The van der Waals surface area contributed by atoms with Crippen molar-refractivity contribution in [1.82, 2.24) is 9.78 Å². The van der Waals surface area contributed by atoms with Crippen molar-refractivity contribution in [2.24, 2.45) is 0 Å². The highest BCUT2D eigenvalue weighted by atomic mass is 16.5. The Balaban J connectivity index is 1.47. The zero-order valence-electron chi connectivity index (χ0n) is 20.9. The summed E-state index contributed by atoms with van der Waals surface area (Å²) >= 11 is 0. The third-order valence-electron chi connectivity index (χ3n) is 5.53. The van der Waals surface area contributed by atoms with E-state index in [0.717, 1.165) is 11.3 Å². The molecule has 1 aromatic heterocycles. The van der Waals surface area contributed by atoms with Gasteiger partial charge in [-0.15, -0.1) is 0 Å². The largest absolute Gasteiger partial charge is 0.493 e. The summed E-state index contributed by atoms with van der Waals surface area (Å²) in [6.45, 7) is 1.92. The topological polar surface area (TPSA) is 116 Å². The van der Waals surface area contributed by atoms with Crippen LogP contribution < -0.4 is 30.2 Å². The lowest BCUT2D eigenvalue weighted by Crippen LogP contribution is -2.19.